The molecule has 1 aliphatic carbocycles. The van der Waals surface area contributed by atoms with Crippen LogP contribution < -0.4 is 10.5 Å². The topological polar surface area (TPSA) is 55.5 Å². The van der Waals surface area contributed by atoms with Crippen molar-refractivity contribution in [2.24, 2.45) is 5.73 Å². The number of benzene rings is 1. The molecule has 3 unspecified atom stereocenters. The Morgan fingerprint density at radius 3 is 2.71 bits per heavy atom. The summed E-state index contributed by atoms with van der Waals surface area (Å²) in [4.78, 5) is 0. The average molecular weight is 235 g/mol. The molecule has 2 rings (SSSR count). The number of nitrogens with two attached hydrogens (primary N) is 1. The zero-order chi connectivity index (χ0) is 12.3. The molecule has 1 fully saturated rings. The molecule has 0 amide bonds. The van der Waals surface area contributed by atoms with Gasteiger partial charge in [0.05, 0.1) is 6.10 Å². The Hall–Kier alpha value is -1.06. The van der Waals surface area contributed by atoms with Crippen molar-refractivity contribution in [1.29, 1.82) is 0 Å². The summed E-state index contributed by atoms with van der Waals surface area (Å²) >= 11 is 0. The van der Waals surface area contributed by atoms with Crippen LogP contribution in [-0.4, -0.2) is 17.3 Å². The average Bonchev–Trinajstić information content (AvgIpc) is 2.32. The summed E-state index contributed by atoms with van der Waals surface area (Å²) in [5.41, 5.74) is 6.92. The number of hydrogen-bond donors (Lipinski definition) is 2. The predicted molar refractivity (Wildman–Crippen MR) is 67.9 cm³/mol. The molecule has 0 radical (unpaired) electrons. The van der Waals surface area contributed by atoms with Crippen molar-refractivity contribution in [2.45, 2.75) is 50.9 Å². The second-order valence-electron chi connectivity index (χ2n) is 4.83. The first-order chi connectivity index (χ1) is 8.18. The molecule has 1 aliphatic rings. The summed E-state index contributed by atoms with van der Waals surface area (Å²) in [7, 11) is 0. The minimum Gasteiger partial charge on any atom is -0.487 e. The summed E-state index contributed by atoms with van der Waals surface area (Å²) in [5.74, 6) is 0.813. The van der Waals surface area contributed by atoms with Gasteiger partial charge in [0.2, 0.25) is 0 Å². The Morgan fingerprint density at radius 2 is 2.00 bits per heavy atom. The van der Waals surface area contributed by atoms with Crippen LogP contribution in [0, 0.1) is 0 Å². The molecule has 0 aliphatic heterocycles. The van der Waals surface area contributed by atoms with E-state index in [9.17, 15) is 5.11 Å². The van der Waals surface area contributed by atoms with E-state index < -0.39 is 0 Å². The van der Waals surface area contributed by atoms with E-state index in [2.05, 4.69) is 0 Å². The highest BCUT2D eigenvalue weighted by atomic mass is 16.5. The first-order valence-electron chi connectivity index (χ1n) is 6.37. The van der Waals surface area contributed by atoms with E-state index in [1.807, 2.05) is 31.2 Å². The zero-order valence-corrected chi connectivity index (χ0v) is 10.3. The quantitative estimate of drug-likeness (QED) is 0.845. The van der Waals surface area contributed by atoms with Gasteiger partial charge in [0, 0.05) is 11.6 Å². The van der Waals surface area contributed by atoms with Crippen LogP contribution >= 0.6 is 0 Å². The van der Waals surface area contributed by atoms with Crippen LogP contribution in [0.5, 0.6) is 5.75 Å². The number of para-hydroxylation sites is 1. The Bertz CT molecular complexity index is 365. The third kappa shape index (κ3) is 2.99. The number of ether oxygens (including phenoxy) is 1. The molecule has 0 heterocycles. The van der Waals surface area contributed by atoms with Crippen molar-refractivity contribution in [3.63, 3.8) is 0 Å². The van der Waals surface area contributed by atoms with Crippen molar-refractivity contribution in [2.75, 3.05) is 0 Å². The molecular weight excluding hydrogens is 214 g/mol. The third-order valence-corrected chi connectivity index (χ3v) is 3.36. The largest absolute Gasteiger partial charge is 0.487 e. The molecule has 0 aromatic heterocycles. The van der Waals surface area contributed by atoms with E-state index in [0.717, 1.165) is 37.0 Å². The third-order valence-electron chi connectivity index (χ3n) is 3.36. The van der Waals surface area contributed by atoms with Crippen LogP contribution in [-0.2, 0) is 0 Å². The number of aliphatic hydroxyl groups is 1. The second kappa shape index (κ2) is 5.52. The molecule has 1 saturated carbocycles. The maximum Gasteiger partial charge on any atom is 0.124 e. The van der Waals surface area contributed by atoms with Crippen LogP contribution in [0.25, 0.3) is 0 Å². The molecule has 3 atom stereocenters. The van der Waals surface area contributed by atoms with Gasteiger partial charge >= 0.3 is 0 Å². The highest BCUT2D eigenvalue weighted by Crippen LogP contribution is 2.28. The standard InChI is InChI=1S/C14H21NO2/c1-10(15)11-6-2-4-8-13(11)17-14-9-5-3-7-12(14)16/h2,4,6,8,10,12,14,16H,3,5,7,9,15H2,1H3. The Labute approximate surface area is 103 Å². The predicted octanol–water partition coefficient (Wildman–Crippen LogP) is 2.39. The number of rotatable bonds is 3. The van der Waals surface area contributed by atoms with Gasteiger partial charge in [-0.05, 0) is 32.3 Å². The normalized spacial score (nSPS) is 26.5. The van der Waals surface area contributed by atoms with Crippen molar-refractivity contribution in [1.82, 2.24) is 0 Å². The van der Waals surface area contributed by atoms with Gasteiger partial charge in [0.25, 0.3) is 0 Å². The molecule has 0 saturated heterocycles. The highest BCUT2D eigenvalue weighted by molar-refractivity contribution is 5.35. The van der Waals surface area contributed by atoms with Crippen molar-refractivity contribution < 1.29 is 9.84 Å². The fraction of sp³-hybridized carbons (Fsp3) is 0.571. The summed E-state index contributed by atoms with van der Waals surface area (Å²) in [6, 6.07) is 7.76. The lowest BCUT2D eigenvalue weighted by atomic mass is 9.94. The Kier molecular flexibility index (Phi) is 4.02. The molecule has 94 valence electrons. The van der Waals surface area contributed by atoms with Gasteiger partial charge in [-0.25, -0.2) is 0 Å². The molecule has 3 heteroatoms. The van der Waals surface area contributed by atoms with E-state index in [4.69, 9.17) is 10.5 Å². The van der Waals surface area contributed by atoms with Gasteiger partial charge in [-0.15, -0.1) is 0 Å². The Morgan fingerprint density at radius 1 is 1.29 bits per heavy atom. The van der Waals surface area contributed by atoms with Gasteiger partial charge < -0.3 is 15.6 Å². The lowest BCUT2D eigenvalue weighted by Gasteiger charge is -2.29. The van der Waals surface area contributed by atoms with Crippen molar-refractivity contribution in [3.05, 3.63) is 29.8 Å². The number of aliphatic hydroxyl groups excluding tert-OH is 1. The number of hydrogen-bond acceptors (Lipinski definition) is 3. The first kappa shape index (κ1) is 12.4. The zero-order valence-electron chi connectivity index (χ0n) is 10.3. The van der Waals surface area contributed by atoms with Crippen LogP contribution in [0.4, 0.5) is 0 Å². The van der Waals surface area contributed by atoms with Crippen LogP contribution in [0.2, 0.25) is 0 Å². The molecule has 17 heavy (non-hydrogen) atoms. The van der Waals surface area contributed by atoms with E-state index in [0.29, 0.717) is 0 Å². The Balaban J connectivity index is 2.12. The second-order valence-corrected chi connectivity index (χ2v) is 4.83. The first-order valence-corrected chi connectivity index (χ1v) is 6.37. The van der Waals surface area contributed by atoms with Gasteiger partial charge in [0.1, 0.15) is 11.9 Å². The minimum atomic E-state index is -0.343. The monoisotopic (exact) mass is 235 g/mol. The van der Waals surface area contributed by atoms with Gasteiger partial charge in [-0.2, -0.15) is 0 Å². The maximum atomic E-state index is 9.90. The van der Waals surface area contributed by atoms with E-state index in [1.165, 1.54) is 0 Å². The molecule has 1 aromatic rings. The lowest BCUT2D eigenvalue weighted by molar-refractivity contribution is 0.00627. The van der Waals surface area contributed by atoms with E-state index in [-0.39, 0.29) is 18.2 Å². The highest BCUT2D eigenvalue weighted by Gasteiger charge is 2.25. The fourth-order valence-electron chi connectivity index (χ4n) is 2.34. The lowest BCUT2D eigenvalue weighted by Crippen LogP contribution is -2.35. The summed E-state index contributed by atoms with van der Waals surface area (Å²) in [5, 5.41) is 9.90. The summed E-state index contributed by atoms with van der Waals surface area (Å²) in [6.45, 7) is 1.94. The van der Waals surface area contributed by atoms with Crippen molar-refractivity contribution >= 4 is 0 Å². The fourth-order valence-corrected chi connectivity index (χ4v) is 2.34. The van der Waals surface area contributed by atoms with Gasteiger partial charge in [0.15, 0.2) is 0 Å². The van der Waals surface area contributed by atoms with Crippen LogP contribution in [0.1, 0.15) is 44.2 Å². The molecule has 3 nitrogen and oxygen atoms in total. The summed E-state index contributed by atoms with van der Waals surface area (Å²) < 4.78 is 5.93. The molecule has 0 bridgehead atoms. The van der Waals surface area contributed by atoms with Crippen LogP contribution in [0.3, 0.4) is 0 Å². The molecule has 1 aromatic carbocycles. The smallest absolute Gasteiger partial charge is 0.124 e. The maximum absolute atomic E-state index is 9.90. The van der Waals surface area contributed by atoms with Gasteiger partial charge in [-0.3, -0.25) is 0 Å². The summed E-state index contributed by atoms with van der Waals surface area (Å²) in [6.07, 6.45) is 3.56. The SMILES string of the molecule is CC(N)c1ccccc1OC1CCCCC1O. The van der Waals surface area contributed by atoms with Crippen LogP contribution in [0.15, 0.2) is 24.3 Å². The van der Waals surface area contributed by atoms with E-state index in [1.54, 1.807) is 0 Å². The molecule has 0 spiro atoms. The minimum absolute atomic E-state index is 0.0491. The van der Waals surface area contributed by atoms with Gasteiger partial charge in [-0.1, -0.05) is 24.6 Å². The van der Waals surface area contributed by atoms with Crippen molar-refractivity contribution in [3.8, 4) is 5.75 Å². The molecule has 3 N–H and O–H groups in total. The van der Waals surface area contributed by atoms with E-state index >= 15 is 0 Å². The molecular formula is C14H21NO2.